The normalized spacial score (nSPS) is 15.1. The Bertz CT molecular complexity index is 1290. The lowest BCUT2D eigenvalue weighted by Gasteiger charge is -2.30. The van der Waals surface area contributed by atoms with Crippen LogP contribution in [0.15, 0.2) is 59.8 Å². The number of nitrogens with zero attached hydrogens (tertiary/aromatic N) is 3. The average Bonchev–Trinajstić information content (AvgIpc) is 2.83. The Hall–Kier alpha value is -3.30. The Kier molecular flexibility index (Phi) is 6.95. The molecule has 8 nitrogen and oxygen atoms in total. The van der Waals surface area contributed by atoms with Crippen LogP contribution in [0, 0.1) is 26.7 Å². The van der Waals surface area contributed by atoms with Crippen molar-refractivity contribution in [1.29, 1.82) is 0 Å². The first-order valence-electron chi connectivity index (χ1n) is 11.2. The number of rotatable bonds is 6. The zero-order valence-electron chi connectivity index (χ0n) is 19.5. The van der Waals surface area contributed by atoms with Gasteiger partial charge in [0.2, 0.25) is 15.9 Å². The summed E-state index contributed by atoms with van der Waals surface area (Å²) < 4.78 is 33.2. The van der Waals surface area contributed by atoms with Crippen LogP contribution in [-0.4, -0.2) is 41.7 Å². The molecule has 9 heteroatoms. The Morgan fingerprint density at radius 3 is 2.32 bits per heavy atom. The summed E-state index contributed by atoms with van der Waals surface area (Å²) in [6, 6.07) is 12.5. The summed E-state index contributed by atoms with van der Waals surface area (Å²) in [6.07, 6.45) is 4.15. The number of aromatic nitrogens is 2. The van der Waals surface area contributed by atoms with Gasteiger partial charge in [0.15, 0.2) is 0 Å². The quantitative estimate of drug-likeness (QED) is 0.566. The van der Waals surface area contributed by atoms with Gasteiger partial charge in [-0.15, -0.1) is 0 Å². The molecule has 178 valence electrons. The minimum atomic E-state index is -3.57. The largest absolute Gasteiger partial charge is 0.424 e. The number of nitrogens with one attached hydrogen (secondary N) is 1. The second kappa shape index (κ2) is 9.90. The molecule has 2 heterocycles. The summed E-state index contributed by atoms with van der Waals surface area (Å²) in [5.41, 5.74) is 3.53. The molecule has 3 aromatic rings. The van der Waals surface area contributed by atoms with Crippen LogP contribution in [0.25, 0.3) is 0 Å². The van der Waals surface area contributed by atoms with Gasteiger partial charge in [-0.2, -0.15) is 4.31 Å². The van der Waals surface area contributed by atoms with Crippen molar-refractivity contribution in [3.05, 3.63) is 71.5 Å². The summed E-state index contributed by atoms with van der Waals surface area (Å²) >= 11 is 0. The molecular weight excluding hydrogens is 452 g/mol. The maximum atomic E-state index is 13.0. The van der Waals surface area contributed by atoms with Crippen LogP contribution in [-0.2, 0) is 14.8 Å². The number of carbonyl (C=O) groups is 1. The molecule has 1 aromatic heterocycles. The molecule has 2 aromatic carbocycles. The molecular formula is C25H28N4O4S. The highest BCUT2D eigenvalue weighted by atomic mass is 32.2. The van der Waals surface area contributed by atoms with E-state index in [1.54, 1.807) is 42.7 Å². The second-order valence-corrected chi connectivity index (χ2v) is 10.5. The molecule has 0 radical (unpaired) electrons. The molecule has 1 aliphatic heterocycles. The van der Waals surface area contributed by atoms with E-state index in [0.717, 1.165) is 16.7 Å². The zero-order valence-corrected chi connectivity index (χ0v) is 20.3. The minimum Gasteiger partial charge on any atom is -0.424 e. The molecule has 0 aliphatic carbocycles. The van der Waals surface area contributed by atoms with Crippen LogP contribution in [0.2, 0.25) is 0 Å². The first kappa shape index (κ1) is 23.8. The van der Waals surface area contributed by atoms with Crippen LogP contribution < -0.4 is 10.1 Å². The summed E-state index contributed by atoms with van der Waals surface area (Å²) in [6.45, 7) is 6.37. The van der Waals surface area contributed by atoms with E-state index < -0.39 is 10.0 Å². The highest BCUT2D eigenvalue weighted by molar-refractivity contribution is 7.89. The molecule has 1 N–H and O–H groups in total. The van der Waals surface area contributed by atoms with E-state index in [1.807, 2.05) is 32.9 Å². The highest BCUT2D eigenvalue weighted by Gasteiger charge is 2.32. The van der Waals surface area contributed by atoms with E-state index in [0.29, 0.717) is 42.3 Å². The number of aryl methyl sites for hydroxylation is 3. The predicted octanol–water partition coefficient (Wildman–Crippen LogP) is 4.23. The molecule has 0 unspecified atom stereocenters. The first-order chi connectivity index (χ1) is 16.2. The van der Waals surface area contributed by atoms with Gasteiger partial charge in [0.25, 0.3) is 0 Å². The lowest BCUT2D eigenvalue weighted by molar-refractivity contribution is -0.120. The Morgan fingerprint density at radius 1 is 0.971 bits per heavy atom. The van der Waals surface area contributed by atoms with Gasteiger partial charge in [-0.1, -0.05) is 6.07 Å². The van der Waals surface area contributed by atoms with E-state index in [4.69, 9.17) is 4.74 Å². The summed E-state index contributed by atoms with van der Waals surface area (Å²) in [4.78, 5) is 21.2. The lowest BCUT2D eigenvalue weighted by Crippen LogP contribution is -2.41. The van der Waals surface area contributed by atoms with E-state index >= 15 is 0 Å². The number of benzene rings is 2. The third-order valence-corrected chi connectivity index (χ3v) is 8.04. The van der Waals surface area contributed by atoms with E-state index in [2.05, 4.69) is 15.3 Å². The average molecular weight is 481 g/mol. The number of piperidine rings is 1. The van der Waals surface area contributed by atoms with Crippen molar-refractivity contribution >= 4 is 21.6 Å². The number of sulfonamides is 1. The standard InChI is InChI=1S/C25H28N4O4S/c1-17-5-7-22(16-18(17)2)34(31,32)29-13-9-20(10-14-29)24(30)28-23-8-6-21(15-19(23)3)33-25-26-11-4-12-27-25/h4-8,11-12,15-16,20H,9-10,13-14H2,1-3H3,(H,28,30). The Morgan fingerprint density at radius 2 is 1.68 bits per heavy atom. The van der Waals surface area contributed by atoms with Crippen molar-refractivity contribution in [2.75, 3.05) is 18.4 Å². The minimum absolute atomic E-state index is 0.105. The zero-order chi connectivity index (χ0) is 24.3. The molecule has 4 rings (SSSR count). The number of anilines is 1. The number of hydrogen-bond acceptors (Lipinski definition) is 6. The van der Waals surface area contributed by atoms with Crippen molar-refractivity contribution in [2.45, 2.75) is 38.5 Å². The third-order valence-electron chi connectivity index (χ3n) is 6.15. The molecule has 1 fully saturated rings. The number of amides is 1. The second-order valence-electron chi connectivity index (χ2n) is 8.52. The molecule has 0 spiro atoms. The van der Waals surface area contributed by atoms with Gasteiger partial charge in [0, 0.05) is 37.1 Å². The van der Waals surface area contributed by atoms with Crippen LogP contribution in [0.4, 0.5) is 5.69 Å². The Balaban J connectivity index is 1.36. The highest BCUT2D eigenvalue weighted by Crippen LogP contribution is 2.28. The number of carbonyl (C=O) groups excluding carboxylic acids is 1. The first-order valence-corrected chi connectivity index (χ1v) is 12.6. The van der Waals surface area contributed by atoms with Crippen LogP contribution in [0.5, 0.6) is 11.8 Å². The third kappa shape index (κ3) is 5.26. The van der Waals surface area contributed by atoms with Gasteiger partial charge >= 0.3 is 6.01 Å². The van der Waals surface area contributed by atoms with E-state index in [9.17, 15) is 13.2 Å². The van der Waals surface area contributed by atoms with Crippen LogP contribution in [0.1, 0.15) is 29.5 Å². The summed E-state index contributed by atoms with van der Waals surface area (Å²) in [5, 5.41) is 2.98. The van der Waals surface area contributed by atoms with E-state index in [-0.39, 0.29) is 17.8 Å². The smallest absolute Gasteiger partial charge is 0.321 e. The van der Waals surface area contributed by atoms with Crippen molar-refractivity contribution in [3.8, 4) is 11.8 Å². The fraction of sp³-hybridized carbons (Fsp3) is 0.320. The topological polar surface area (TPSA) is 101 Å². The van der Waals surface area contributed by atoms with Crippen molar-refractivity contribution in [3.63, 3.8) is 0 Å². The maximum absolute atomic E-state index is 13.0. The Labute approximate surface area is 200 Å². The molecule has 0 bridgehead atoms. The van der Waals surface area contributed by atoms with Crippen LogP contribution in [0.3, 0.4) is 0 Å². The summed E-state index contributed by atoms with van der Waals surface area (Å²) in [7, 11) is -3.57. The van der Waals surface area contributed by atoms with Crippen LogP contribution >= 0.6 is 0 Å². The molecule has 0 atom stereocenters. The van der Waals surface area contributed by atoms with Gasteiger partial charge in [-0.25, -0.2) is 18.4 Å². The predicted molar refractivity (Wildman–Crippen MR) is 129 cm³/mol. The van der Waals surface area contributed by atoms with Crippen molar-refractivity contribution in [1.82, 2.24) is 14.3 Å². The van der Waals surface area contributed by atoms with Gasteiger partial charge < -0.3 is 10.1 Å². The van der Waals surface area contributed by atoms with Gasteiger partial charge in [-0.3, -0.25) is 4.79 Å². The molecule has 34 heavy (non-hydrogen) atoms. The van der Waals surface area contributed by atoms with Gasteiger partial charge in [0.05, 0.1) is 4.90 Å². The van der Waals surface area contributed by atoms with Crippen molar-refractivity contribution in [2.24, 2.45) is 5.92 Å². The fourth-order valence-electron chi connectivity index (χ4n) is 3.90. The molecule has 1 aliphatic rings. The molecule has 1 amide bonds. The maximum Gasteiger partial charge on any atom is 0.321 e. The van der Waals surface area contributed by atoms with E-state index in [1.165, 1.54) is 4.31 Å². The van der Waals surface area contributed by atoms with Gasteiger partial charge in [0.1, 0.15) is 5.75 Å². The molecule has 1 saturated heterocycles. The number of ether oxygens (including phenoxy) is 1. The number of hydrogen-bond donors (Lipinski definition) is 1. The van der Waals surface area contributed by atoms with Gasteiger partial charge in [-0.05, 0) is 86.7 Å². The fourth-order valence-corrected chi connectivity index (χ4v) is 5.46. The summed E-state index contributed by atoms with van der Waals surface area (Å²) in [5.74, 6) is 0.220. The lowest BCUT2D eigenvalue weighted by atomic mass is 9.97. The van der Waals surface area contributed by atoms with Crippen molar-refractivity contribution < 1.29 is 17.9 Å². The SMILES string of the molecule is Cc1ccc(S(=O)(=O)N2CCC(C(=O)Nc3ccc(Oc4ncccn4)cc3C)CC2)cc1C. The molecule has 0 saturated carbocycles. The monoisotopic (exact) mass is 480 g/mol.